The molecule has 1 aromatic heterocycles. The number of sulfonamides is 1. The summed E-state index contributed by atoms with van der Waals surface area (Å²) in [6, 6.07) is 4.52. The van der Waals surface area contributed by atoms with Gasteiger partial charge in [0.25, 0.3) is 5.91 Å². The van der Waals surface area contributed by atoms with Crippen molar-refractivity contribution in [1.29, 1.82) is 0 Å². The zero-order chi connectivity index (χ0) is 20.1. The molecule has 8 nitrogen and oxygen atoms in total. The van der Waals surface area contributed by atoms with E-state index >= 15 is 0 Å². The predicted molar refractivity (Wildman–Crippen MR) is 105 cm³/mol. The van der Waals surface area contributed by atoms with Crippen LogP contribution >= 0.6 is 0 Å². The third-order valence-electron chi connectivity index (χ3n) is 4.79. The zero-order valence-electron chi connectivity index (χ0n) is 16.2. The largest absolute Gasteiger partial charge is 0.495 e. The van der Waals surface area contributed by atoms with Gasteiger partial charge in [0.2, 0.25) is 10.0 Å². The zero-order valence-corrected chi connectivity index (χ0v) is 17.0. The molecule has 1 saturated heterocycles. The number of methoxy groups -OCH3 is 1. The van der Waals surface area contributed by atoms with E-state index in [0.29, 0.717) is 25.2 Å². The highest BCUT2D eigenvalue weighted by molar-refractivity contribution is 7.89. The minimum atomic E-state index is -3.68. The average Bonchev–Trinajstić information content (AvgIpc) is 3.36. The Balaban J connectivity index is 1.67. The molecular weight excluding hydrogens is 380 g/mol. The summed E-state index contributed by atoms with van der Waals surface area (Å²) in [5, 5.41) is 6.96. The summed E-state index contributed by atoms with van der Waals surface area (Å²) in [7, 11) is -0.386. The third-order valence-corrected chi connectivity index (χ3v) is 6.71. The Morgan fingerprint density at radius 2 is 2.04 bits per heavy atom. The van der Waals surface area contributed by atoms with E-state index in [-0.39, 0.29) is 16.6 Å². The van der Waals surface area contributed by atoms with Gasteiger partial charge in [-0.2, -0.15) is 9.40 Å². The highest BCUT2D eigenvalue weighted by Gasteiger charge is 2.30. The molecule has 1 fully saturated rings. The first-order valence-electron chi connectivity index (χ1n) is 9.36. The van der Waals surface area contributed by atoms with Gasteiger partial charge in [-0.15, -0.1) is 0 Å². The van der Waals surface area contributed by atoms with Crippen LogP contribution in [0.2, 0.25) is 0 Å². The van der Waals surface area contributed by atoms with E-state index in [2.05, 4.69) is 10.4 Å². The van der Waals surface area contributed by atoms with Gasteiger partial charge in [-0.1, -0.05) is 0 Å². The molecule has 1 N–H and O–H groups in total. The fourth-order valence-corrected chi connectivity index (χ4v) is 4.98. The summed E-state index contributed by atoms with van der Waals surface area (Å²) >= 11 is 0. The Labute approximate surface area is 165 Å². The van der Waals surface area contributed by atoms with Crippen LogP contribution < -0.4 is 10.1 Å². The second-order valence-corrected chi connectivity index (χ2v) is 8.76. The lowest BCUT2D eigenvalue weighted by molar-refractivity contribution is 0.0953. The van der Waals surface area contributed by atoms with Gasteiger partial charge in [-0.3, -0.25) is 9.48 Å². The van der Waals surface area contributed by atoms with E-state index in [4.69, 9.17) is 4.74 Å². The molecule has 0 saturated carbocycles. The van der Waals surface area contributed by atoms with Crippen LogP contribution in [-0.4, -0.2) is 55.2 Å². The summed E-state index contributed by atoms with van der Waals surface area (Å²) in [6.45, 7) is 1.49. The Hall–Kier alpha value is -2.39. The fraction of sp³-hybridized carbons (Fsp3) is 0.474. The molecule has 0 atom stereocenters. The maximum Gasteiger partial charge on any atom is 0.251 e. The number of amides is 1. The molecule has 0 bridgehead atoms. The molecule has 0 radical (unpaired) electrons. The molecule has 0 aliphatic carbocycles. The summed E-state index contributed by atoms with van der Waals surface area (Å²) in [6.07, 6.45) is 7.02. The van der Waals surface area contributed by atoms with Gasteiger partial charge in [0, 0.05) is 38.4 Å². The number of hydrogen-bond acceptors (Lipinski definition) is 5. The second-order valence-electron chi connectivity index (χ2n) is 6.86. The van der Waals surface area contributed by atoms with E-state index in [9.17, 15) is 13.2 Å². The Kier molecular flexibility index (Phi) is 6.35. The first-order chi connectivity index (χ1) is 13.4. The topological polar surface area (TPSA) is 93.5 Å². The van der Waals surface area contributed by atoms with E-state index < -0.39 is 10.0 Å². The van der Waals surface area contributed by atoms with Crippen molar-refractivity contribution in [2.24, 2.45) is 7.05 Å². The summed E-state index contributed by atoms with van der Waals surface area (Å²) in [5.41, 5.74) is 1.42. The van der Waals surface area contributed by atoms with Crippen LogP contribution in [0.15, 0.2) is 35.5 Å². The molecule has 2 aromatic rings. The van der Waals surface area contributed by atoms with Crippen molar-refractivity contribution >= 4 is 15.9 Å². The quantitative estimate of drug-likeness (QED) is 0.672. The number of hydrogen-bond donors (Lipinski definition) is 1. The normalized spacial score (nSPS) is 14.9. The van der Waals surface area contributed by atoms with Crippen LogP contribution in [0.25, 0.3) is 0 Å². The van der Waals surface area contributed by atoms with Crippen LogP contribution in [0, 0.1) is 0 Å². The summed E-state index contributed by atoms with van der Waals surface area (Å²) in [4.78, 5) is 12.5. The Morgan fingerprint density at radius 3 is 2.68 bits per heavy atom. The van der Waals surface area contributed by atoms with Gasteiger partial charge in [0.1, 0.15) is 10.6 Å². The number of benzene rings is 1. The first kappa shape index (κ1) is 20.3. The van der Waals surface area contributed by atoms with Crippen molar-refractivity contribution < 1.29 is 17.9 Å². The SMILES string of the molecule is COc1ccc(C(=O)NCCCc2cnn(C)c2)cc1S(=O)(=O)N1CCCC1. The van der Waals surface area contributed by atoms with Crippen molar-refractivity contribution in [3.05, 3.63) is 41.7 Å². The lowest BCUT2D eigenvalue weighted by atomic mass is 10.2. The first-order valence-corrected chi connectivity index (χ1v) is 10.8. The lowest BCUT2D eigenvalue weighted by Crippen LogP contribution is -2.29. The molecule has 2 heterocycles. The molecule has 3 rings (SSSR count). The minimum absolute atomic E-state index is 0.0416. The molecule has 0 spiro atoms. The maximum absolute atomic E-state index is 12.9. The van der Waals surface area contributed by atoms with Gasteiger partial charge < -0.3 is 10.1 Å². The highest BCUT2D eigenvalue weighted by atomic mass is 32.2. The molecule has 152 valence electrons. The van der Waals surface area contributed by atoms with Crippen LogP contribution in [0.3, 0.4) is 0 Å². The van der Waals surface area contributed by atoms with Crippen LogP contribution in [0.1, 0.15) is 35.2 Å². The smallest absolute Gasteiger partial charge is 0.251 e. The van der Waals surface area contributed by atoms with Gasteiger partial charge in [0.15, 0.2) is 0 Å². The molecule has 28 heavy (non-hydrogen) atoms. The number of nitrogens with zero attached hydrogens (tertiary/aromatic N) is 3. The molecule has 1 aliphatic heterocycles. The number of ether oxygens (including phenoxy) is 1. The summed E-state index contributed by atoms with van der Waals surface area (Å²) < 4.78 is 34.2. The number of aromatic nitrogens is 2. The van der Waals surface area contributed by atoms with Crippen molar-refractivity contribution in [3.8, 4) is 5.75 Å². The standard InChI is InChI=1S/C19H26N4O4S/c1-22-14-15(13-21-22)6-5-9-20-19(24)16-7-8-17(27-2)18(12-16)28(25,26)23-10-3-4-11-23/h7-8,12-14H,3-6,9-11H2,1-2H3,(H,20,24). The number of aryl methyl sites for hydroxylation is 2. The molecule has 9 heteroatoms. The van der Waals surface area contributed by atoms with Crippen LogP contribution in [0.4, 0.5) is 0 Å². The highest BCUT2D eigenvalue weighted by Crippen LogP contribution is 2.29. The van der Waals surface area contributed by atoms with Crippen molar-refractivity contribution in [2.45, 2.75) is 30.6 Å². The van der Waals surface area contributed by atoms with E-state index in [1.165, 1.54) is 23.5 Å². The van der Waals surface area contributed by atoms with Gasteiger partial charge in [-0.25, -0.2) is 8.42 Å². The monoisotopic (exact) mass is 406 g/mol. The van der Waals surface area contributed by atoms with Gasteiger partial charge >= 0.3 is 0 Å². The van der Waals surface area contributed by atoms with Crippen LogP contribution in [0.5, 0.6) is 5.75 Å². The van der Waals surface area contributed by atoms with Crippen molar-refractivity contribution in [1.82, 2.24) is 19.4 Å². The minimum Gasteiger partial charge on any atom is -0.495 e. The molecule has 1 aromatic carbocycles. The molecular formula is C19H26N4O4S. The number of nitrogens with one attached hydrogen (secondary N) is 1. The maximum atomic E-state index is 12.9. The number of carbonyl (C=O) groups excluding carboxylic acids is 1. The second kappa shape index (κ2) is 8.74. The van der Waals surface area contributed by atoms with Gasteiger partial charge in [-0.05, 0) is 49.4 Å². The number of rotatable bonds is 8. The molecule has 1 amide bonds. The van der Waals surface area contributed by atoms with Crippen molar-refractivity contribution in [2.75, 3.05) is 26.7 Å². The Bertz CT molecular complexity index is 933. The van der Waals surface area contributed by atoms with Gasteiger partial charge in [0.05, 0.1) is 13.3 Å². The summed E-state index contributed by atoms with van der Waals surface area (Å²) in [5.74, 6) is -0.0493. The molecule has 1 aliphatic rings. The Morgan fingerprint density at radius 1 is 1.29 bits per heavy atom. The van der Waals surface area contributed by atoms with E-state index in [1.54, 1.807) is 16.9 Å². The fourth-order valence-electron chi connectivity index (χ4n) is 3.28. The van der Waals surface area contributed by atoms with Crippen molar-refractivity contribution in [3.63, 3.8) is 0 Å². The average molecular weight is 407 g/mol. The third kappa shape index (κ3) is 4.53. The van der Waals surface area contributed by atoms with Crippen LogP contribution in [-0.2, 0) is 23.5 Å². The van der Waals surface area contributed by atoms with E-state index in [0.717, 1.165) is 31.2 Å². The lowest BCUT2D eigenvalue weighted by Gasteiger charge is -2.18. The number of carbonyl (C=O) groups is 1. The molecule has 0 unspecified atom stereocenters. The predicted octanol–water partition coefficient (Wildman–Crippen LogP) is 1.58. The van der Waals surface area contributed by atoms with E-state index in [1.807, 2.05) is 13.2 Å².